The number of hydrogen-bond acceptors (Lipinski definition) is 7. The highest BCUT2D eigenvalue weighted by Gasteiger charge is 2.43. The van der Waals surface area contributed by atoms with Crippen LogP contribution in [0, 0.1) is 11.8 Å². The molecule has 3 saturated heterocycles. The zero-order valence-electron chi connectivity index (χ0n) is 15.2. The maximum absolute atomic E-state index is 12.6. The van der Waals surface area contributed by atoms with Gasteiger partial charge in [-0.1, -0.05) is 5.21 Å². The SMILES string of the molecule is CN(C)Cc1cn(C[C@H]2C[C@H]3CCN2C[C@@H]3C(=O)Nc2nccs2)nn1. The summed E-state index contributed by atoms with van der Waals surface area (Å²) in [7, 11) is 4.06. The Hall–Kier alpha value is -1.84. The first-order valence-electron chi connectivity index (χ1n) is 9.06. The number of aromatic nitrogens is 4. The number of hydrogen-bond donors (Lipinski definition) is 1. The van der Waals surface area contributed by atoms with E-state index in [9.17, 15) is 4.79 Å². The van der Waals surface area contributed by atoms with Crippen LogP contribution in [-0.4, -0.2) is 68.9 Å². The number of rotatable bonds is 6. The lowest BCUT2D eigenvalue weighted by molar-refractivity contribution is -0.127. The molecule has 5 rings (SSSR count). The number of carbonyl (C=O) groups excluding carboxylic acids is 1. The molecule has 0 saturated carbocycles. The molecule has 2 bridgehead atoms. The second-order valence-corrected chi connectivity index (χ2v) is 8.43. The van der Waals surface area contributed by atoms with Crippen molar-refractivity contribution >= 4 is 22.4 Å². The molecule has 9 heteroatoms. The minimum absolute atomic E-state index is 0.0592. The molecule has 3 aliphatic heterocycles. The number of thiazole rings is 1. The molecule has 0 radical (unpaired) electrons. The summed E-state index contributed by atoms with van der Waals surface area (Å²) in [6, 6.07) is 0.437. The molecule has 8 nitrogen and oxygen atoms in total. The molecule has 1 N–H and O–H groups in total. The van der Waals surface area contributed by atoms with Crippen LogP contribution in [0.25, 0.3) is 0 Å². The highest BCUT2D eigenvalue weighted by atomic mass is 32.1. The number of anilines is 1. The van der Waals surface area contributed by atoms with Crippen LogP contribution in [0.5, 0.6) is 0 Å². The molecule has 0 aliphatic carbocycles. The Morgan fingerprint density at radius 3 is 3.04 bits per heavy atom. The van der Waals surface area contributed by atoms with Gasteiger partial charge in [0, 0.05) is 36.9 Å². The van der Waals surface area contributed by atoms with Gasteiger partial charge in [-0.15, -0.1) is 16.4 Å². The Labute approximate surface area is 157 Å². The molecule has 3 fully saturated rings. The molecule has 3 aliphatic rings. The van der Waals surface area contributed by atoms with Gasteiger partial charge < -0.3 is 10.2 Å². The molecule has 140 valence electrons. The van der Waals surface area contributed by atoms with E-state index in [4.69, 9.17) is 0 Å². The molecule has 1 amide bonds. The first-order chi connectivity index (χ1) is 12.6. The lowest BCUT2D eigenvalue weighted by atomic mass is 9.75. The zero-order valence-corrected chi connectivity index (χ0v) is 16.0. The van der Waals surface area contributed by atoms with Crippen molar-refractivity contribution in [3.63, 3.8) is 0 Å². The van der Waals surface area contributed by atoms with Crippen molar-refractivity contribution in [2.75, 3.05) is 32.5 Å². The fourth-order valence-corrected chi connectivity index (χ4v) is 4.68. The molecule has 26 heavy (non-hydrogen) atoms. The van der Waals surface area contributed by atoms with E-state index in [0.29, 0.717) is 17.1 Å². The summed E-state index contributed by atoms with van der Waals surface area (Å²) in [6.07, 6.45) is 5.89. The molecule has 0 spiro atoms. The minimum Gasteiger partial charge on any atom is -0.303 e. The van der Waals surface area contributed by atoms with Gasteiger partial charge in [0.1, 0.15) is 0 Å². The number of amides is 1. The molecule has 2 aromatic heterocycles. The van der Waals surface area contributed by atoms with Crippen molar-refractivity contribution in [2.24, 2.45) is 11.8 Å². The number of carbonyl (C=O) groups is 1. The Bertz CT molecular complexity index is 744. The number of nitrogens with zero attached hydrogens (tertiary/aromatic N) is 6. The smallest absolute Gasteiger partial charge is 0.230 e. The van der Waals surface area contributed by atoms with Gasteiger partial charge in [0.15, 0.2) is 5.13 Å². The van der Waals surface area contributed by atoms with Crippen molar-refractivity contribution in [3.05, 3.63) is 23.5 Å². The third-order valence-electron chi connectivity index (χ3n) is 5.34. The van der Waals surface area contributed by atoms with E-state index in [1.54, 1.807) is 6.20 Å². The van der Waals surface area contributed by atoms with Crippen LogP contribution in [0.1, 0.15) is 18.5 Å². The van der Waals surface area contributed by atoms with Crippen molar-refractivity contribution in [2.45, 2.75) is 32.0 Å². The third-order valence-corrected chi connectivity index (χ3v) is 6.03. The average Bonchev–Trinajstić information content (AvgIpc) is 3.27. The second-order valence-electron chi connectivity index (χ2n) is 7.54. The first-order valence-corrected chi connectivity index (χ1v) is 9.94. The van der Waals surface area contributed by atoms with Crippen LogP contribution in [0.2, 0.25) is 0 Å². The van der Waals surface area contributed by atoms with Crippen LogP contribution >= 0.6 is 11.3 Å². The van der Waals surface area contributed by atoms with Crippen molar-refractivity contribution in [3.8, 4) is 0 Å². The zero-order chi connectivity index (χ0) is 18.1. The number of piperidine rings is 3. The van der Waals surface area contributed by atoms with E-state index in [-0.39, 0.29) is 11.8 Å². The summed E-state index contributed by atoms with van der Waals surface area (Å²) in [4.78, 5) is 21.3. The Kier molecular flexibility index (Phi) is 5.01. The van der Waals surface area contributed by atoms with Crippen LogP contribution in [-0.2, 0) is 17.9 Å². The van der Waals surface area contributed by atoms with Crippen molar-refractivity contribution in [1.29, 1.82) is 0 Å². The maximum atomic E-state index is 12.6. The van der Waals surface area contributed by atoms with E-state index in [1.165, 1.54) is 11.3 Å². The Balaban J connectivity index is 1.36. The topological polar surface area (TPSA) is 79.2 Å². The lowest BCUT2D eigenvalue weighted by Crippen LogP contribution is -2.57. The molecule has 5 heterocycles. The van der Waals surface area contributed by atoms with Crippen LogP contribution in [0.4, 0.5) is 5.13 Å². The van der Waals surface area contributed by atoms with Gasteiger partial charge in [-0.2, -0.15) is 0 Å². The van der Waals surface area contributed by atoms with Gasteiger partial charge in [0.25, 0.3) is 0 Å². The second kappa shape index (κ2) is 7.42. The van der Waals surface area contributed by atoms with E-state index < -0.39 is 0 Å². The van der Waals surface area contributed by atoms with Gasteiger partial charge >= 0.3 is 0 Å². The predicted molar refractivity (Wildman–Crippen MR) is 99.7 cm³/mol. The summed E-state index contributed by atoms with van der Waals surface area (Å²) in [5, 5.41) is 14.1. The molecule has 0 aromatic carbocycles. The highest BCUT2D eigenvalue weighted by Crippen LogP contribution is 2.37. The standard InChI is InChI=1S/C17H25N7OS/c1-22(2)8-13-9-24(21-20-13)10-14-7-12-3-5-23(14)11-15(12)16(25)19-17-18-4-6-26-17/h4,6,9,12,14-15H,3,5,7-8,10-11H2,1-2H3,(H,18,19,25)/t12-,14-,15+/m1/s1. The summed E-state index contributed by atoms with van der Waals surface area (Å²) in [5.74, 6) is 0.612. The van der Waals surface area contributed by atoms with Crippen molar-refractivity contribution < 1.29 is 4.79 Å². The summed E-state index contributed by atoms with van der Waals surface area (Å²) >= 11 is 1.47. The van der Waals surface area contributed by atoms with Gasteiger partial charge in [-0.3, -0.25) is 14.4 Å². The quantitative estimate of drug-likeness (QED) is 0.816. The van der Waals surface area contributed by atoms with Gasteiger partial charge in [0.05, 0.1) is 18.2 Å². The maximum Gasteiger partial charge on any atom is 0.230 e. The summed E-state index contributed by atoms with van der Waals surface area (Å²) in [5.41, 5.74) is 0.992. The Morgan fingerprint density at radius 2 is 2.35 bits per heavy atom. The van der Waals surface area contributed by atoms with Crippen LogP contribution in [0.15, 0.2) is 17.8 Å². The molecule has 2 aromatic rings. The van der Waals surface area contributed by atoms with Crippen molar-refractivity contribution in [1.82, 2.24) is 29.8 Å². The lowest BCUT2D eigenvalue weighted by Gasteiger charge is -2.49. The molecular weight excluding hydrogens is 350 g/mol. The normalized spacial score (nSPS) is 27.8. The third kappa shape index (κ3) is 3.79. The van der Waals surface area contributed by atoms with E-state index in [1.807, 2.05) is 30.4 Å². The molecule has 4 atom stereocenters. The monoisotopic (exact) mass is 375 g/mol. The van der Waals surface area contributed by atoms with E-state index >= 15 is 0 Å². The Morgan fingerprint density at radius 1 is 1.46 bits per heavy atom. The summed E-state index contributed by atoms with van der Waals surface area (Å²) < 4.78 is 1.95. The molecular formula is C17H25N7OS. The molecule has 1 unspecified atom stereocenters. The van der Waals surface area contributed by atoms with Crippen LogP contribution in [0.3, 0.4) is 0 Å². The summed E-state index contributed by atoms with van der Waals surface area (Å²) in [6.45, 7) is 3.54. The first kappa shape index (κ1) is 17.6. The van der Waals surface area contributed by atoms with Crippen LogP contribution < -0.4 is 5.32 Å². The van der Waals surface area contributed by atoms with E-state index in [2.05, 4.69) is 30.4 Å². The average molecular weight is 376 g/mol. The highest BCUT2D eigenvalue weighted by molar-refractivity contribution is 7.13. The van der Waals surface area contributed by atoms with Gasteiger partial charge in [-0.05, 0) is 39.4 Å². The van der Waals surface area contributed by atoms with Gasteiger partial charge in [-0.25, -0.2) is 4.98 Å². The fourth-order valence-electron chi connectivity index (χ4n) is 4.15. The predicted octanol–water partition coefficient (Wildman–Crippen LogP) is 1.15. The van der Waals surface area contributed by atoms with Gasteiger partial charge in [0.2, 0.25) is 5.91 Å². The minimum atomic E-state index is 0.0592. The fraction of sp³-hybridized carbons (Fsp3) is 0.647. The van der Waals surface area contributed by atoms with E-state index in [0.717, 1.165) is 44.7 Å². The largest absolute Gasteiger partial charge is 0.303 e. The number of nitrogens with one attached hydrogen (secondary N) is 1. The number of fused-ring (bicyclic) bond motifs is 3.